The number of imidazole rings is 1. The van der Waals surface area contributed by atoms with Crippen molar-refractivity contribution < 1.29 is 4.79 Å². The van der Waals surface area contributed by atoms with Gasteiger partial charge in [0, 0.05) is 25.5 Å². The molecule has 146 valence electrons. The van der Waals surface area contributed by atoms with Gasteiger partial charge in [-0.2, -0.15) is 0 Å². The Balaban J connectivity index is 1.73. The lowest BCUT2D eigenvalue weighted by Crippen LogP contribution is -2.30. The van der Waals surface area contributed by atoms with Crippen molar-refractivity contribution in [1.82, 2.24) is 19.4 Å². The van der Waals surface area contributed by atoms with E-state index in [1.165, 1.54) is 32.1 Å². The van der Waals surface area contributed by atoms with Crippen LogP contribution in [0, 0.1) is 5.92 Å². The average Bonchev–Trinajstić information content (AvgIpc) is 3.08. The monoisotopic (exact) mass is 441 g/mol. The quantitative estimate of drug-likeness (QED) is 0.581. The smallest absolute Gasteiger partial charge is 0.225 e. The molecule has 6 nitrogen and oxygen atoms in total. The van der Waals surface area contributed by atoms with Crippen molar-refractivity contribution in [3.8, 4) is 0 Å². The number of halogens is 1. The van der Waals surface area contributed by atoms with Crippen LogP contribution in [0.5, 0.6) is 0 Å². The molecule has 0 aromatic carbocycles. The minimum Gasteiger partial charge on any atom is -0.289 e. The second kappa shape index (κ2) is 8.39. The predicted octanol–water partition coefficient (Wildman–Crippen LogP) is 4.56. The van der Waals surface area contributed by atoms with Crippen LogP contribution < -0.4 is 4.90 Å². The number of nitrogens with zero attached hydrogens (tertiary/aromatic N) is 5. The third kappa shape index (κ3) is 4.09. The summed E-state index contributed by atoms with van der Waals surface area (Å²) in [5, 5.41) is 0. The highest BCUT2D eigenvalue weighted by molar-refractivity contribution is 9.10. The molecule has 1 fully saturated rings. The molecular formula is C21H24BrN5O. The van der Waals surface area contributed by atoms with Gasteiger partial charge in [0.05, 0.1) is 18.4 Å². The van der Waals surface area contributed by atoms with Gasteiger partial charge in [-0.3, -0.25) is 19.1 Å². The zero-order valence-electron chi connectivity index (χ0n) is 16.0. The molecule has 0 N–H and O–H groups in total. The summed E-state index contributed by atoms with van der Waals surface area (Å²) in [4.78, 5) is 27.8. The number of hydrogen-bond acceptors (Lipinski definition) is 4. The van der Waals surface area contributed by atoms with Gasteiger partial charge in [0.25, 0.3) is 0 Å². The van der Waals surface area contributed by atoms with Crippen molar-refractivity contribution in [3.63, 3.8) is 0 Å². The fourth-order valence-corrected chi connectivity index (χ4v) is 4.34. The fourth-order valence-electron chi connectivity index (χ4n) is 3.97. The van der Waals surface area contributed by atoms with Gasteiger partial charge in [-0.25, -0.2) is 9.97 Å². The summed E-state index contributed by atoms with van der Waals surface area (Å²) in [5.74, 6) is 1.21. The Kier molecular flexibility index (Phi) is 5.71. The van der Waals surface area contributed by atoms with Crippen LogP contribution in [0.25, 0.3) is 5.65 Å². The molecule has 4 rings (SSSR count). The molecule has 3 heterocycles. The van der Waals surface area contributed by atoms with Gasteiger partial charge >= 0.3 is 0 Å². The van der Waals surface area contributed by atoms with Gasteiger partial charge in [0.2, 0.25) is 5.91 Å². The van der Waals surface area contributed by atoms with Gasteiger partial charge in [-0.15, -0.1) is 0 Å². The Labute approximate surface area is 173 Å². The number of fused-ring (bicyclic) bond motifs is 1. The van der Waals surface area contributed by atoms with Crippen LogP contribution in [0.15, 0.2) is 41.5 Å². The molecule has 0 saturated heterocycles. The lowest BCUT2D eigenvalue weighted by atomic mass is 9.86. The number of carbonyl (C=O) groups is 1. The van der Waals surface area contributed by atoms with Crippen molar-refractivity contribution in [2.24, 2.45) is 5.92 Å². The first-order valence-electron chi connectivity index (χ1n) is 9.81. The fraction of sp³-hybridized carbons (Fsp3) is 0.429. The van der Waals surface area contributed by atoms with Crippen LogP contribution in [-0.4, -0.2) is 25.3 Å². The molecule has 0 aliphatic heterocycles. The highest BCUT2D eigenvalue weighted by Crippen LogP contribution is 2.29. The summed E-state index contributed by atoms with van der Waals surface area (Å²) in [7, 11) is 0. The van der Waals surface area contributed by atoms with Gasteiger partial charge in [-0.05, 0) is 39.9 Å². The summed E-state index contributed by atoms with van der Waals surface area (Å²) in [5.41, 5.74) is 2.64. The average molecular weight is 442 g/mol. The van der Waals surface area contributed by atoms with E-state index in [-0.39, 0.29) is 5.91 Å². The molecule has 0 atom stereocenters. The Morgan fingerprint density at radius 2 is 2.11 bits per heavy atom. The molecule has 7 heteroatoms. The largest absolute Gasteiger partial charge is 0.289 e. The van der Waals surface area contributed by atoms with E-state index in [0.717, 1.165) is 22.3 Å². The van der Waals surface area contributed by atoms with Crippen molar-refractivity contribution in [3.05, 3.63) is 52.8 Å². The zero-order chi connectivity index (χ0) is 19.5. The number of hydrogen-bond donors (Lipinski definition) is 0. The maximum atomic E-state index is 12.5. The van der Waals surface area contributed by atoms with Gasteiger partial charge in [0.15, 0.2) is 11.5 Å². The minimum absolute atomic E-state index is 0.0628. The van der Waals surface area contributed by atoms with E-state index in [1.54, 1.807) is 30.4 Å². The first-order chi connectivity index (χ1) is 13.6. The number of amides is 1. The maximum absolute atomic E-state index is 12.5. The van der Waals surface area contributed by atoms with Crippen LogP contribution in [-0.2, 0) is 17.8 Å². The van der Waals surface area contributed by atoms with E-state index in [0.29, 0.717) is 23.9 Å². The summed E-state index contributed by atoms with van der Waals surface area (Å²) in [6.45, 7) is 1.99. The molecule has 0 bridgehead atoms. The minimum atomic E-state index is -0.0628. The van der Waals surface area contributed by atoms with Crippen LogP contribution in [0.2, 0.25) is 0 Å². The van der Waals surface area contributed by atoms with E-state index >= 15 is 0 Å². The molecule has 3 aromatic rings. The normalized spacial score (nSPS) is 15.1. The number of rotatable bonds is 5. The third-order valence-electron chi connectivity index (χ3n) is 5.40. The molecule has 3 aromatic heterocycles. The van der Waals surface area contributed by atoms with E-state index in [9.17, 15) is 4.79 Å². The summed E-state index contributed by atoms with van der Waals surface area (Å²) >= 11 is 3.57. The molecule has 1 amide bonds. The Bertz CT molecular complexity index is 966. The summed E-state index contributed by atoms with van der Waals surface area (Å²) in [6, 6.07) is 3.84. The molecule has 1 aliphatic carbocycles. The molecule has 0 unspecified atom stereocenters. The van der Waals surface area contributed by atoms with Crippen LogP contribution in [0.4, 0.5) is 5.82 Å². The first-order valence-corrected chi connectivity index (χ1v) is 10.6. The summed E-state index contributed by atoms with van der Waals surface area (Å²) in [6.07, 6.45) is 14.7. The Morgan fingerprint density at radius 1 is 1.29 bits per heavy atom. The SMILES string of the molecule is CC(=O)N(Cc1cccnc1)c1nc(CC2CCCCC2)cn2c(Br)cnc12. The molecule has 28 heavy (non-hydrogen) atoms. The van der Waals surface area contributed by atoms with E-state index < -0.39 is 0 Å². The molecule has 0 spiro atoms. The van der Waals surface area contributed by atoms with Gasteiger partial charge in [-0.1, -0.05) is 38.2 Å². The van der Waals surface area contributed by atoms with E-state index in [1.807, 2.05) is 22.7 Å². The lowest BCUT2D eigenvalue weighted by Gasteiger charge is -2.24. The standard InChI is InChI=1S/C21H24BrN5O/c1-15(28)26(13-17-8-5-9-23-11-17)21-20-24-12-19(22)27(20)14-18(25-21)10-16-6-3-2-4-7-16/h5,8-9,11-12,14,16H,2-4,6-7,10,13H2,1H3. The van der Waals surface area contributed by atoms with Crippen molar-refractivity contribution in [2.45, 2.75) is 52.0 Å². The maximum Gasteiger partial charge on any atom is 0.225 e. The van der Waals surface area contributed by atoms with Crippen molar-refractivity contribution in [2.75, 3.05) is 4.90 Å². The topological polar surface area (TPSA) is 63.4 Å². The number of aromatic nitrogens is 4. The second-order valence-electron chi connectivity index (χ2n) is 7.50. The second-order valence-corrected chi connectivity index (χ2v) is 8.32. The van der Waals surface area contributed by atoms with Gasteiger partial charge < -0.3 is 0 Å². The zero-order valence-corrected chi connectivity index (χ0v) is 17.6. The molecular weight excluding hydrogens is 418 g/mol. The van der Waals surface area contributed by atoms with Crippen LogP contribution >= 0.6 is 15.9 Å². The van der Waals surface area contributed by atoms with Crippen molar-refractivity contribution in [1.29, 1.82) is 0 Å². The van der Waals surface area contributed by atoms with E-state index in [4.69, 9.17) is 4.98 Å². The molecule has 1 aliphatic rings. The Morgan fingerprint density at radius 3 is 2.82 bits per heavy atom. The number of anilines is 1. The van der Waals surface area contributed by atoms with Gasteiger partial charge in [0.1, 0.15) is 4.60 Å². The number of pyridine rings is 1. The highest BCUT2D eigenvalue weighted by Gasteiger charge is 2.22. The van der Waals surface area contributed by atoms with Crippen LogP contribution in [0.1, 0.15) is 50.3 Å². The van der Waals surface area contributed by atoms with Crippen LogP contribution in [0.3, 0.4) is 0 Å². The van der Waals surface area contributed by atoms with Crippen molar-refractivity contribution >= 4 is 33.3 Å². The first kappa shape index (κ1) is 19.1. The Hall–Kier alpha value is -2.28. The molecule has 0 radical (unpaired) electrons. The third-order valence-corrected chi connectivity index (χ3v) is 5.99. The predicted molar refractivity (Wildman–Crippen MR) is 112 cm³/mol. The van der Waals surface area contributed by atoms with E-state index in [2.05, 4.69) is 25.9 Å². The lowest BCUT2D eigenvalue weighted by molar-refractivity contribution is -0.116. The number of carbonyl (C=O) groups excluding carboxylic acids is 1. The summed E-state index contributed by atoms with van der Waals surface area (Å²) < 4.78 is 2.85. The molecule has 1 saturated carbocycles. The highest BCUT2D eigenvalue weighted by atomic mass is 79.9.